The van der Waals surface area contributed by atoms with E-state index in [1.807, 2.05) is 13.8 Å². The molecule has 0 fully saturated rings. The molecule has 0 radical (unpaired) electrons. The van der Waals surface area contributed by atoms with Gasteiger partial charge in [-0.2, -0.15) is 0 Å². The molecule has 0 heterocycles. The summed E-state index contributed by atoms with van der Waals surface area (Å²) >= 11 is 0. The Morgan fingerprint density at radius 1 is 1.62 bits per heavy atom. The normalized spacial score (nSPS) is 9.25. The number of nitrogens with zero attached hydrogens (tertiary/aromatic N) is 1. The van der Waals surface area contributed by atoms with E-state index in [0.717, 1.165) is 11.9 Å². The van der Waals surface area contributed by atoms with Gasteiger partial charge in [0.2, 0.25) is 0 Å². The molecule has 3 nitrogen and oxygen atoms in total. The Bertz CT molecular complexity index is 103. The van der Waals surface area contributed by atoms with Crippen LogP contribution in [0.5, 0.6) is 0 Å². The van der Waals surface area contributed by atoms with Crippen molar-refractivity contribution in [3.05, 3.63) is 11.8 Å². The van der Waals surface area contributed by atoms with Crippen LogP contribution in [0.3, 0.4) is 0 Å². The lowest BCUT2D eigenvalue weighted by atomic mass is 10.4. The minimum Gasteiger partial charge on any atom is -0.387 e. The number of nitrogens with two attached hydrogens (primary N) is 1. The summed E-state index contributed by atoms with van der Waals surface area (Å²) in [5.41, 5.74) is 5.92. The van der Waals surface area contributed by atoms with Crippen molar-refractivity contribution in [2.75, 3.05) is 0 Å². The lowest BCUT2D eigenvalue weighted by Gasteiger charge is -1.86. The van der Waals surface area contributed by atoms with Crippen LogP contribution in [0.2, 0.25) is 0 Å². The summed E-state index contributed by atoms with van der Waals surface area (Å²) in [4.78, 5) is 4.53. The van der Waals surface area contributed by atoms with Gasteiger partial charge in [-0.1, -0.05) is 5.16 Å². The Morgan fingerprint density at radius 2 is 2.25 bits per heavy atom. The first kappa shape index (κ1) is 7.01. The Balaban J connectivity index is 3.30. The lowest BCUT2D eigenvalue weighted by molar-refractivity contribution is 0.267. The highest BCUT2D eigenvalue weighted by Crippen LogP contribution is 1.87. The Kier molecular flexibility index (Phi) is 3.66. The van der Waals surface area contributed by atoms with Crippen molar-refractivity contribution in [3.8, 4) is 0 Å². The van der Waals surface area contributed by atoms with E-state index in [2.05, 4.69) is 9.99 Å². The number of allylic oxidation sites excluding steroid dienone is 1. The number of oxime groups is 1. The van der Waals surface area contributed by atoms with Gasteiger partial charge in [-0.05, 0) is 19.4 Å². The zero-order valence-corrected chi connectivity index (χ0v) is 5.09. The average molecular weight is 114 g/mol. The molecule has 0 aliphatic heterocycles. The zero-order chi connectivity index (χ0) is 6.41. The SMILES string of the molecule is CC(C)=CO/N=C\N. The molecule has 0 unspecified atom stereocenters. The topological polar surface area (TPSA) is 47.6 Å². The van der Waals surface area contributed by atoms with E-state index >= 15 is 0 Å². The summed E-state index contributed by atoms with van der Waals surface area (Å²) in [5.74, 6) is 0. The molecule has 0 saturated carbocycles. The van der Waals surface area contributed by atoms with Crippen LogP contribution in [0.25, 0.3) is 0 Å². The van der Waals surface area contributed by atoms with Crippen molar-refractivity contribution in [2.24, 2.45) is 10.9 Å². The predicted molar refractivity (Wildman–Crippen MR) is 33.2 cm³/mol. The van der Waals surface area contributed by atoms with Gasteiger partial charge in [0.25, 0.3) is 0 Å². The average Bonchev–Trinajstić information content (AvgIpc) is 1.66. The highest BCUT2D eigenvalue weighted by Gasteiger charge is 1.71. The molecular formula is C5H10N2O. The minimum atomic E-state index is 1.05. The van der Waals surface area contributed by atoms with Crippen molar-refractivity contribution in [1.29, 1.82) is 0 Å². The fourth-order valence-electron chi connectivity index (χ4n) is 0.171. The van der Waals surface area contributed by atoms with Crippen molar-refractivity contribution < 1.29 is 4.84 Å². The fraction of sp³-hybridized carbons (Fsp3) is 0.400. The molecule has 0 aromatic heterocycles. The van der Waals surface area contributed by atoms with Gasteiger partial charge in [0.15, 0.2) is 0 Å². The minimum absolute atomic E-state index is 1.05. The molecule has 0 aliphatic carbocycles. The summed E-state index contributed by atoms with van der Waals surface area (Å²) in [6, 6.07) is 0. The molecule has 0 aromatic carbocycles. The highest BCUT2D eigenvalue weighted by molar-refractivity contribution is 5.50. The quantitative estimate of drug-likeness (QED) is 0.250. The third-order valence-electron chi connectivity index (χ3n) is 0.410. The lowest BCUT2D eigenvalue weighted by Crippen LogP contribution is -1.87. The summed E-state index contributed by atoms with van der Waals surface area (Å²) in [5, 5.41) is 3.29. The molecule has 0 rings (SSSR count). The predicted octanol–water partition coefficient (Wildman–Crippen LogP) is 0.829. The van der Waals surface area contributed by atoms with Gasteiger partial charge in [-0.25, -0.2) is 0 Å². The third kappa shape index (κ3) is 5.01. The molecule has 2 N–H and O–H groups in total. The van der Waals surface area contributed by atoms with E-state index in [0.29, 0.717) is 0 Å². The second-order valence-electron chi connectivity index (χ2n) is 1.56. The monoisotopic (exact) mass is 114 g/mol. The molecule has 0 amide bonds. The number of rotatable bonds is 2. The van der Waals surface area contributed by atoms with Crippen LogP contribution in [0.4, 0.5) is 0 Å². The fourth-order valence-corrected chi connectivity index (χ4v) is 0.171. The van der Waals surface area contributed by atoms with Crippen LogP contribution >= 0.6 is 0 Å². The van der Waals surface area contributed by atoms with Crippen LogP contribution in [0.15, 0.2) is 17.0 Å². The maximum absolute atomic E-state index is 4.87. The van der Waals surface area contributed by atoms with Crippen LogP contribution in [-0.2, 0) is 4.84 Å². The van der Waals surface area contributed by atoms with Crippen LogP contribution in [-0.4, -0.2) is 6.34 Å². The first-order chi connectivity index (χ1) is 3.77. The first-order valence-corrected chi connectivity index (χ1v) is 2.30. The molecular weight excluding hydrogens is 104 g/mol. The Labute approximate surface area is 48.8 Å². The van der Waals surface area contributed by atoms with Gasteiger partial charge < -0.3 is 10.6 Å². The molecule has 0 atom stereocenters. The summed E-state index contributed by atoms with van der Waals surface area (Å²) in [6.07, 6.45) is 2.61. The van der Waals surface area contributed by atoms with Gasteiger partial charge in [-0.3, -0.25) is 0 Å². The molecule has 0 bridgehead atoms. The zero-order valence-electron chi connectivity index (χ0n) is 5.09. The summed E-state index contributed by atoms with van der Waals surface area (Å²) in [6.45, 7) is 3.82. The van der Waals surface area contributed by atoms with E-state index < -0.39 is 0 Å². The van der Waals surface area contributed by atoms with E-state index in [-0.39, 0.29) is 0 Å². The van der Waals surface area contributed by atoms with Crippen molar-refractivity contribution in [2.45, 2.75) is 13.8 Å². The standard InChI is InChI=1S/C5H10N2O/c1-5(2)3-8-7-4-6/h3-4H,1-2H3,(H2,6,7). The van der Waals surface area contributed by atoms with E-state index in [9.17, 15) is 0 Å². The van der Waals surface area contributed by atoms with Gasteiger partial charge >= 0.3 is 0 Å². The molecule has 0 spiro atoms. The van der Waals surface area contributed by atoms with Crippen molar-refractivity contribution in [1.82, 2.24) is 0 Å². The maximum atomic E-state index is 4.87. The van der Waals surface area contributed by atoms with Gasteiger partial charge in [-0.15, -0.1) is 0 Å². The molecule has 8 heavy (non-hydrogen) atoms. The molecule has 3 heteroatoms. The summed E-state index contributed by atoms with van der Waals surface area (Å²) < 4.78 is 0. The van der Waals surface area contributed by atoms with Crippen LogP contribution < -0.4 is 5.73 Å². The number of hydrogen-bond acceptors (Lipinski definition) is 2. The van der Waals surface area contributed by atoms with E-state index in [4.69, 9.17) is 5.73 Å². The second-order valence-corrected chi connectivity index (χ2v) is 1.56. The highest BCUT2D eigenvalue weighted by atomic mass is 16.6. The maximum Gasteiger partial charge on any atom is 0.126 e. The molecule has 46 valence electrons. The van der Waals surface area contributed by atoms with E-state index in [1.165, 1.54) is 6.26 Å². The van der Waals surface area contributed by atoms with Gasteiger partial charge in [0.1, 0.15) is 12.6 Å². The molecule has 0 saturated heterocycles. The molecule has 0 aliphatic rings. The van der Waals surface area contributed by atoms with Crippen LogP contribution in [0, 0.1) is 0 Å². The largest absolute Gasteiger partial charge is 0.387 e. The van der Waals surface area contributed by atoms with Crippen LogP contribution in [0.1, 0.15) is 13.8 Å². The third-order valence-corrected chi connectivity index (χ3v) is 0.410. The first-order valence-electron chi connectivity index (χ1n) is 2.30. The van der Waals surface area contributed by atoms with Gasteiger partial charge in [0, 0.05) is 0 Å². The Morgan fingerprint density at radius 3 is 2.62 bits per heavy atom. The van der Waals surface area contributed by atoms with Gasteiger partial charge in [0.05, 0.1) is 0 Å². The Hall–Kier alpha value is -0.990. The number of hydrogen-bond donors (Lipinski definition) is 1. The second kappa shape index (κ2) is 4.18. The summed E-state index contributed by atoms with van der Waals surface area (Å²) in [7, 11) is 0. The van der Waals surface area contributed by atoms with Crippen molar-refractivity contribution >= 4 is 6.34 Å². The van der Waals surface area contributed by atoms with Crippen molar-refractivity contribution in [3.63, 3.8) is 0 Å². The molecule has 0 aromatic rings. The smallest absolute Gasteiger partial charge is 0.126 e. The van der Waals surface area contributed by atoms with E-state index in [1.54, 1.807) is 0 Å².